The lowest BCUT2D eigenvalue weighted by Gasteiger charge is -2.28. The minimum atomic E-state index is -1.15. The molecule has 0 saturated carbocycles. The zero-order chi connectivity index (χ0) is 28.4. The molecule has 3 rings (SSSR count). The van der Waals surface area contributed by atoms with Crippen molar-refractivity contribution in [2.45, 2.75) is 53.6 Å². The van der Waals surface area contributed by atoms with Crippen molar-refractivity contribution in [3.8, 4) is 5.75 Å². The van der Waals surface area contributed by atoms with Crippen LogP contribution in [0.3, 0.4) is 0 Å². The third-order valence-electron chi connectivity index (χ3n) is 6.43. The van der Waals surface area contributed by atoms with Crippen LogP contribution in [-0.2, 0) is 4.74 Å². The van der Waals surface area contributed by atoms with Gasteiger partial charge in [-0.25, -0.2) is 14.6 Å². The molecule has 2 amide bonds. The number of hydrogen-bond acceptors (Lipinski definition) is 6. The molecule has 202 valence electrons. The van der Waals surface area contributed by atoms with E-state index in [2.05, 4.69) is 20.9 Å². The van der Waals surface area contributed by atoms with Crippen LogP contribution in [0.2, 0.25) is 0 Å². The van der Waals surface area contributed by atoms with E-state index in [1.54, 1.807) is 58.2 Å². The van der Waals surface area contributed by atoms with Crippen LogP contribution < -0.4 is 9.22 Å². The summed E-state index contributed by atoms with van der Waals surface area (Å²) in [4.78, 5) is 43.4. The largest absolute Gasteiger partial charge is 0.529 e. The van der Waals surface area contributed by atoms with Gasteiger partial charge in [-0.15, -0.1) is 4.48 Å². The smallest absolute Gasteiger partial charge is 0.444 e. The average molecular weight is 587 g/mol. The Morgan fingerprint density at radius 2 is 1.68 bits per heavy atom. The highest BCUT2D eigenvalue weighted by Gasteiger charge is 2.46. The van der Waals surface area contributed by atoms with Crippen LogP contribution in [0, 0.1) is 20.8 Å². The third kappa shape index (κ3) is 5.97. The molecule has 0 aliphatic carbocycles. The number of carbonyl (C=O) groups is 3. The van der Waals surface area contributed by atoms with Gasteiger partial charge in [-0.3, -0.25) is 0 Å². The molecule has 0 saturated heterocycles. The molecular formula is C28H33BrN3O6+. The van der Waals surface area contributed by atoms with E-state index in [1.807, 2.05) is 20.8 Å². The Balaban J connectivity index is 1.79. The zero-order valence-electron chi connectivity index (χ0n) is 22.7. The molecule has 1 unspecified atom stereocenters. The molecule has 1 aliphatic rings. The molecule has 38 heavy (non-hydrogen) atoms. The van der Waals surface area contributed by atoms with Gasteiger partial charge in [0.15, 0.2) is 5.69 Å². The number of rotatable bonds is 6. The van der Waals surface area contributed by atoms with Crippen LogP contribution >= 0.6 is 15.9 Å². The van der Waals surface area contributed by atoms with Gasteiger partial charge in [0.1, 0.15) is 17.6 Å². The first-order chi connectivity index (χ1) is 17.7. The highest BCUT2D eigenvalue weighted by molar-refractivity contribution is 9.10. The van der Waals surface area contributed by atoms with Crippen LogP contribution in [0.15, 0.2) is 52.2 Å². The Kier molecular flexibility index (Phi) is 8.48. The number of nitrogens with zero attached hydrogens (tertiary/aromatic N) is 3. The summed E-state index contributed by atoms with van der Waals surface area (Å²) in [6, 6.07) is 8.02. The van der Waals surface area contributed by atoms with Crippen molar-refractivity contribution in [2.24, 2.45) is 4.99 Å². The average Bonchev–Trinajstić information content (AvgIpc) is 3.27. The summed E-state index contributed by atoms with van der Waals surface area (Å²) in [6.07, 6.45) is 1.44. The fourth-order valence-electron chi connectivity index (χ4n) is 3.98. The maximum Gasteiger partial charge on any atom is 0.529 e. The SMILES string of the molecule is Cc1c(Br)cc(C(=O)Oc2ccc([N+]3(C(=O)O)C=CN=C3CCN(C)C(=O)OC(C)(C)C)cc2)c(C)c1C. The van der Waals surface area contributed by atoms with E-state index >= 15 is 0 Å². The summed E-state index contributed by atoms with van der Waals surface area (Å²) in [5, 5.41) is 10.2. The molecule has 0 spiro atoms. The second-order valence-electron chi connectivity index (χ2n) is 10.2. The van der Waals surface area contributed by atoms with Crippen molar-refractivity contribution < 1.29 is 29.0 Å². The van der Waals surface area contributed by atoms with E-state index in [0.717, 1.165) is 21.2 Å². The van der Waals surface area contributed by atoms with Gasteiger partial charge in [0.05, 0.1) is 18.2 Å². The molecular weight excluding hydrogens is 554 g/mol. The molecule has 0 radical (unpaired) electrons. The van der Waals surface area contributed by atoms with E-state index < -0.39 is 28.2 Å². The molecule has 9 nitrogen and oxygen atoms in total. The van der Waals surface area contributed by atoms with Gasteiger partial charge in [0.2, 0.25) is 5.84 Å². The van der Waals surface area contributed by atoms with Crippen molar-refractivity contribution in [1.82, 2.24) is 9.38 Å². The number of carbonyl (C=O) groups excluding carboxylic acids is 2. The predicted molar refractivity (Wildman–Crippen MR) is 150 cm³/mol. The normalized spacial score (nSPS) is 16.7. The van der Waals surface area contributed by atoms with Gasteiger partial charge in [-0.05, 0) is 76.4 Å². The van der Waals surface area contributed by atoms with E-state index in [0.29, 0.717) is 17.1 Å². The molecule has 2 aromatic rings. The molecule has 0 bridgehead atoms. The first kappa shape index (κ1) is 29.1. The summed E-state index contributed by atoms with van der Waals surface area (Å²) in [6.45, 7) is 11.3. The Labute approximate surface area is 231 Å². The lowest BCUT2D eigenvalue weighted by Crippen LogP contribution is -2.52. The first-order valence-corrected chi connectivity index (χ1v) is 12.9. The summed E-state index contributed by atoms with van der Waals surface area (Å²) in [7, 11) is 1.59. The summed E-state index contributed by atoms with van der Waals surface area (Å²) < 4.78 is 11.1. The lowest BCUT2D eigenvalue weighted by atomic mass is 9.99. The highest BCUT2D eigenvalue weighted by Crippen LogP contribution is 2.33. The number of esters is 1. The molecule has 0 aromatic heterocycles. The van der Waals surface area contributed by atoms with E-state index in [-0.39, 0.29) is 18.7 Å². The van der Waals surface area contributed by atoms with Crippen LogP contribution in [-0.4, -0.2) is 53.2 Å². The molecule has 1 aliphatic heterocycles. The fourth-order valence-corrected chi connectivity index (χ4v) is 4.51. The Morgan fingerprint density at radius 3 is 2.26 bits per heavy atom. The first-order valence-electron chi connectivity index (χ1n) is 12.1. The number of amidine groups is 1. The van der Waals surface area contributed by atoms with Crippen molar-refractivity contribution >= 4 is 45.6 Å². The number of hydrogen-bond donors (Lipinski definition) is 1. The van der Waals surface area contributed by atoms with Crippen LogP contribution in [0.25, 0.3) is 0 Å². The van der Waals surface area contributed by atoms with Crippen LogP contribution in [0.1, 0.15) is 54.2 Å². The van der Waals surface area contributed by atoms with Gasteiger partial charge in [0, 0.05) is 30.2 Å². The molecule has 2 aromatic carbocycles. The summed E-state index contributed by atoms with van der Waals surface area (Å²) in [5.41, 5.74) is 3.09. The van der Waals surface area contributed by atoms with Gasteiger partial charge < -0.3 is 19.5 Å². The Morgan fingerprint density at radius 1 is 1.05 bits per heavy atom. The van der Waals surface area contributed by atoms with Gasteiger partial charge in [-0.2, -0.15) is 4.79 Å². The standard InChI is InChI=1S/C28H32BrN3O6/c1-17-18(2)22(16-23(29)19(17)3)25(33)37-21-10-8-20(9-11-21)32(27(35)36)15-13-30-24(32)12-14-31(7)26(34)38-28(4,5)6/h8-11,13,15-16H,12,14H2,1-7H3/p+1. The van der Waals surface area contributed by atoms with Crippen molar-refractivity contribution in [1.29, 1.82) is 0 Å². The number of quaternary nitrogens is 1. The second kappa shape index (κ2) is 11.1. The third-order valence-corrected chi connectivity index (χ3v) is 7.26. The molecule has 0 fully saturated rings. The molecule has 1 atom stereocenters. The van der Waals surface area contributed by atoms with Crippen LogP contribution in [0.4, 0.5) is 15.3 Å². The number of halogens is 1. The van der Waals surface area contributed by atoms with E-state index in [1.165, 1.54) is 17.3 Å². The van der Waals surface area contributed by atoms with Crippen molar-refractivity contribution in [3.63, 3.8) is 0 Å². The number of aliphatic imine (C=N–C) groups is 1. The molecule has 1 heterocycles. The zero-order valence-corrected chi connectivity index (χ0v) is 24.2. The number of ether oxygens (including phenoxy) is 2. The Bertz CT molecular complexity index is 1330. The van der Waals surface area contributed by atoms with E-state index in [9.17, 15) is 19.5 Å². The summed E-state index contributed by atoms with van der Waals surface area (Å²) >= 11 is 3.49. The topological polar surface area (TPSA) is 106 Å². The Hall–Kier alpha value is -3.50. The molecule has 1 N–H and O–H groups in total. The van der Waals surface area contributed by atoms with E-state index in [4.69, 9.17) is 9.47 Å². The predicted octanol–water partition coefficient (Wildman–Crippen LogP) is 6.72. The van der Waals surface area contributed by atoms with Gasteiger partial charge >= 0.3 is 18.2 Å². The fraction of sp³-hybridized carbons (Fsp3) is 0.357. The highest BCUT2D eigenvalue weighted by atomic mass is 79.9. The van der Waals surface area contributed by atoms with Gasteiger partial charge in [0.25, 0.3) is 0 Å². The quantitative estimate of drug-likeness (QED) is 0.229. The number of benzene rings is 2. The van der Waals surface area contributed by atoms with Crippen molar-refractivity contribution in [2.75, 3.05) is 13.6 Å². The number of carboxylic acid groups (broad SMARTS) is 1. The monoisotopic (exact) mass is 586 g/mol. The summed E-state index contributed by atoms with van der Waals surface area (Å²) in [5.74, 6) is 0.102. The van der Waals surface area contributed by atoms with Crippen LogP contribution in [0.5, 0.6) is 5.75 Å². The molecule has 10 heteroatoms. The number of amides is 2. The maximum absolute atomic E-state index is 12.9. The maximum atomic E-state index is 12.9. The minimum Gasteiger partial charge on any atom is -0.444 e. The van der Waals surface area contributed by atoms with Gasteiger partial charge in [-0.1, -0.05) is 15.9 Å². The second-order valence-corrected chi connectivity index (χ2v) is 11.0. The van der Waals surface area contributed by atoms with Crippen molar-refractivity contribution in [3.05, 3.63) is 69.5 Å². The minimum absolute atomic E-state index is 0.201. The lowest BCUT2D eigenvalue weighted by molar-refractivity contribution is 0.0302.